The number of hydrogen-bond donors (Lipinski definition) is 0. The van der Waals surface area contributed by atoms with Crippen LogP contribution in [-0.2, 0) is 22.0 Å². The molecule has 0 N–H and O–H groups in total. The highest BCUT2D eigenvalue weighted by atomic mass is 35.5. The molecule has 0 bridgehead atoms. The molecule has 4 nitrogen and oxygen atoms in total. The number of sulfone groups is 1. The van der Waals surface area contributed by atoms with Crippen LogP contribution in [0, 0.1) is 6.92 Å². The Morgan fingerprint density at radius 2 is 1.93 bits per heavy atom. The third-order valence-electron chi connectivity index (χ3n) is 1.96. The maximum Gasteiger partial charge on any atom is 0.154 e. The molecule has 0 fully saturated rings. The Bertz CT molecular complexity index is 471. The van der Waals surface area contributed by atoms with Gasteiger partial charge in [-0.1, -0.05) is 18.5 Å². The van der Waals surface area contributed by atoms with E-state index in [-0.39, 0.29) is 11.6 Å². The SMILES string of the molecule is CCc1nc(CS(C)(=O)=O)nc(Cl)c1C. The maximum atomic E-state index is 11.1. The second-order valence-corrected chi connectivity index (χ2v) is 5.92. The van der Waals surface area contributed by atoms with E-state index in [4.69, 9.17) is 11.6 Å². The highest BCUT2D eigenvalue weighted by Crippen LogP contribution is 2.16. The van der Waals surface area contributed by atoms with Crippen LogP contribution in [0.2, 0.25) is 5.15 Å². The molecule has 15 heavy (non-hydrogen) atoms. The highest BCUT2D eigenvalue weighted by Gasteiger charge is 2.12. The third-order valence-corrected chi connectivity index (χ3v) is 3.11. The van der Waals surface area contributed by atoms with Gasteiger partial charge in [0.2, 0.25) is 0 Å². The average molecular weight is 249 g/mol. The van der Waals surface area contributed by atoms with E-state index in [1.54, 1.807) is 0 Å². The fraction of sp³-hybridized carbons (Fsp3) is 0.556. The lowest BCUT2D eigenvalue weighted by atomic mass is 10.2. The lowest BCUT2D eigenvalue weighted by Crippen LogP contribution is -2.08. The number of rotatable bonds is 3. The zero-order valence-electron chi connectivity index (χ0n) is 8.91. The first-order valence-electron chi connectivity index (χ1n) is 4.53. The summed E-state index contributed by atoms with van der Waals surface area (Å²) in [7, 11) is -3.12. The molecule has 0 radical (unpaired) electrons. The summed E-state index contributed by atoms with van der Waals surface area (Å²) in [4.78, 5) is 8.10. The van der Waals surface area contributed by atoms with Gasteiger partial charge in [-0.25, -0.2) is 18.4 Å². The largest absolute Gasteiger partial charge is 0.236 e. The van der Waals surface area contributed by atoms with Gasteiger partial charge < -0.3 is 0 Å². The van der Waals surface area contributed by atoms with Crippen molar-refractivity contribution in [1.29, 1.82) is 0 Å². The van der Waals surface area contributed by atoms with E-state index >= 15 is 0 Å². The molecule has 1 aromatic rings. The van der Waals surface area contributed by atoms with Crippen molar-refractivity contribution < 1.29 is 8.42 Å². The van der Waals surface area contributed by atoms with Crippen molar-refractivity contribution in [2.45, 2.75) is 26.0 Å². The molecule has 0 aliphatic heterocycles. The minimum Gasteiger partial charge on any atom is -0.236 e. The molecular weight excluding hydrogens is 236 g/mol. The predicted octanol–water partition coefficient (Wildman–Crippen LogP) is 1.55. The lowest BCUT2D eigenvalue weighted by molar-refractivity contribution is 0.599. The standard InChI is InChI=1S/C9H13ClN2O2S/c1-4-7-6(2)9(10)12-8(11-7)5-15(3,13)14/h4-5H2,1-3H3. The summed E-state index contributed by atoms with van der Waals surface area (Å²) in [5.74, 6) is 0.102. The van der Waals surface area contributed by atoms with E-state index in [9.17, 15) is 8.42 Å². The Morgan fingerprint density at radius 1 is 1.33 bits per heavy atom. The summed E-state index contributed by atoms with van der Waals surface area (Å²) < 4.78 is 22.1. The van der Waals surface area contributed by atoms with Crippen molar-refractivity contribution in [2.24, 2.45) is 0 Å². The molecule has 0 saturated carbocycles. The molecule has 0 aromatic carbocycles. The fourth-order valence-electron chi connectivity index (χ4n) is 1.22. The monoisotopic (exact) mass is 248 g/mol. The summed E-state index contributed by atoms with van der Waals surface area (Å²) in [5.41, 5.74) is 1.62. The highest BCUT2D eigenvalue weighted by molar-refractivity contribution is 7.89. The molecular formula is C9H13ClN2O2S. The first-order valence-corrected chi connectivity index (χ1v) is 6.97. The van der Waals surface area contributed by atoms with Crippen molar-refractivity contribution in [2.75, 3.05) is 6.26 Å². The zero-order chi connectivity index (χ0) is 11.6. The van der Waals surface area contributed by atoms with Crippen molar-refractivity contribution >= 4 is 21.4 Å². The van der Waals surface area contributed by atoms with Gasteiger partial charge in [-0.05, 0) is 13.3 Å². The molecule has 0 aliphatic carbocycles. The van der Waals surface area contributed by atoms with Crippen LogP contribution in [0.15, 0.2) is 0 Å². The lowest BCUT2D eigenvalue weighted by Gasteiger charge is -2.06. The van der Waals surface area contributed by atoms with Crippen molar-refractivity contribution in [3.8, 4) is 0 Å². The number of halogens is 1. The van der Waals surface area contributed by atoms with Crippen LogP contribution in [0.3, 0.4) is 0 Å². The van der Waals surface area contributed by atoms with Crippen molar-refractivity contribution in [1.82, 2.24) is 9.97 Å². The zero-order valence-corrected chi connectivity index (χ0v) is 10.5. The van der Waals surface area contributed by atoms with Crippen LogP contribution in [-0.4, -0.2) is 24.6 Å². The van der Waals surface area contributed by atoms with Crippen LogP contribution in [0.4, 0.5) is 0 Å². The van der Waals surface area contributed by atoms with Gasteiger partial charge in [0, 0.05) is 17.5 Å². The molecule has 0 atom stereocenters. The average Bonchev–Trinajstić information content (AvgIpc) is 2.08. The van der Waals surface area contributed by atoms with Crippen LogP contribution in [0.25, 0.3) is 0 Å². The van der Waals surface area contributed by atoms with E-state index in [1.165, 1.54) is 0 Å². The number of hydrogen-bond acceptors (Lipinski definition) is 4. The van der Waals surface area contributed by atoms with Crippen LogP contribution in [0.1, 0.15) is 24.0 Å². The molecule has 0 saturated heterocycles. The predicted molar refractivity (Wildman–Crippen MR) is 59.7 cm³/mol. The Hall–Kier alpha value is -0.680. The van der Waals surface area contributed by atoms with Gasteiger partial charge in [0.1, 0.15) is 16.7 Å². The van der Waals surface area contributed by atoms with Gasteiger partial charge in [0.25, 0.3) is 0 Å². The molecule has 1 heterocycles. The minimum atomic E-state index is -3.12. The summed E-state index contributed by atoms with van der Waals surface area (Å²) in [6.45, 7) is 3.77. The van der Waals surface area contributed by atoms with E-state index in [2.05, 4.69) is 9.97 Å². The summed E-state index contributed by atoms with van der Waals surface area (Å²) in [5, 5.41) is 0.334. The van der Waals surface area contributed by atoms with Crippen molar-refractivity contribution in [3.05, 3.63) is 22.2 Å². The molecule has 0 unspecified atom stereocenters. The van der Waals surface area contributed by atoms with E-state index in [0.717, 1.165) is 17.5 Å². The quantitative estimate of drug-likeness (QED) is 0.762. The molecule has 0 amide bonds. The van der Waals surface area contributed by atoms with E-state index in [1.807, 2.05) is 13.8 Å². The Labute approximate surface area is 94.6 Å². The Balaban J connectivity index is 3.17. The fourth-order valence-corrected chi connectivity index (χ4v) is 2.03. The normalized spacial score (nSPS) is 11.7. The molecule has 0 aliphatic rings. The molecule has 84 valence electrons. The summed E-state index contributed by atoms with van der Waals surface area (Å²) in [6.07, 6.45) is 1.86. The van der Waals surface area contributed by atoms with E-state index < -0.39 is 9.84 Å². The first kappa shape index (κ1) is 12.4. The van der Waals surface area contributed by atoms with Gasteiger partial charge in [-0.2, -0.15) is 0 Å². The number of aromatic nitrogens is 2. The maximum absolute atomic E-state index is 11.1. The van der Waals surface area contributed by atoms with Crippen LogP contribution < -0.4 is 0 Å². The van der Waals surface area contributed by atoms with Gasteiger partial charge in [0.15, 0.2) is 9.84 Å². The van der Waals surface area contributed by atoms with Crippen LogP contribution >= 0.6 is 11.6 Å². The topological polar surface area (TPSA) is 59.9 Å². The molecule has 6 heteroatoms. The second kappa shape index (κ2) is 4.45. The first-order chi connectivity index (χ1) is 6.83. The molecule has 1 rings (SSSR count). The number of nitrogens with zero attached hydrogens (tertiary/aromatic N) is 2. The summed E-state index contributed by atoms with van der Waals surface area (Å²) >= 11 is 5.88. The van der Waals surface area contributed by atoms with Gasteiger partial charge in [-0.15, -0.1) is 0 Å². The smallest absolute Gasteiger partial charge is 0.154 e. The Kier molecular flexibility index (Phi) is 3.67. The van der Waals surface area contributed by atoms with Gasteiger partial charge in [0.05, 0.1) is 0 Å². The Morgan fingerprint density at radius 3 is 2.40 bits per heavy atom. The minimum absolute atomic E-state index is 0.167. The summed E-state index contributed by atoms with van der Waals surface area (Å²) in [6, 6.07) is 0. The van der Waals surface area contributed by atoms with Crippen molar-refractivity contribution in [3.63, 3.8) is 0 Å². The number of aryl methyl sites for hydroxylation is 1. The van der Waals surface area contributed by atoms with E-state index in [0.29, 0.717) is 11.6 Å². The van der Waals surface area contributed by atoms with Crippen LogP contribution in [0.5, 0.6) is 0 Å². The molecule has 1 aromatic heterocycles. The van der Waals surface area contributed by atoms with Gasteiger partial charge in [-0.3, -0.25) is 0 Å². The second-order valence-electron chi connectivity index (χ2n) is 3.43. The third kappa shape index (κ3) is 3.43. The van der Waals surface area contributed by atoms with Gasteiger partial charge >= 0.3 is 0 Å². The molecule has 0 spiro atoms.